The van der Waals surface area contributed by atoms with Gasteiger partial charge in [0.15, 0.2) is 5.16 Å². The molecule has 2 aromatic rings. The molecule has 34 heavy (non-hydrogen) atoms. The second-order valence-corrected chi connectivity index (χ2v) is 9.34. The highest BCUT2D eigenvalue weighted by molar-refractivity contribution is 7.99. The molecule has 1 fully saturated rings. The Labute approximate surface area is 203 Å². The smallest absolute Gasteiger partial charge is 0.338 e. The van der Waals surface area contributed by atoms with Crippen molar-refractivity contribution in [3.63, 3.8) is 0 Å². The van der Waals surface area contributed by atoms with Gasteiger partial charge < -0.3 is 24.7 Å². The van der Waals surface area contributed by atoms with Crippen LogP contribution in [0.15, 0.2) is 40.7 Å². The van der Waals surface area contributed by atoms with E-state index in [1.165, 1.54) is 31.0 Å². The van der Waals surface area contributed by atoms with E-state index in [4.69, 9.17) is 9.47 Å². The maximum atomic E-state index is 13.0. The summed E-state index contributed by atoms with van der Waals surface area (Å²) in [6, 6.07) is 6.66. The Kier molecular flexibility index (Phi) is 7.77. The fourth-order valence-corrected chi connectivity index (χ4v) is 5.59. The van der Waals surface area contributed by atoms with Gasteiger partial charge in [-0.1, -0.05) is 43.2 Å². The summed E-state index contributed by atoms with van der Waals surface area (Å²) >= 11 is 1.47. The molecule has 4 rings (SSSR count). The van der Waals surface area contributed by atoms with Crippen molar-refractivity contribution >= 4 is 23.8 Å². The number of rotatable bonds is 8. The van der Waals surface area contributed by atoms with Crippen molar-refractivity contribution in [2.75, 3.05) is 19.5 Å². The SMILES string of the molecule is CCOC(=O)C1=C(CSc2nnc(C)n2C2CCCCC2)NC(=O)NC1c1ccc(OC)cc1. The Morgan fingerprint density at radius 3 is 2.59 bits per heavy atom. The highest BCUT2D eigenvalue weighted by Gasteiger charge is 2.34. The molecular weight excluding hydrogens is 454 g/mol. The van der Waals surface area contributed by atoms with E-state index < -0.39 is 12.0 Å². The molecule has 1 unspecified atom stereocenters. The summed E-state index contributed by atoms with van der Waals surface area (Å²) in [6.45, 7) is 3.97. The van der Waals surface area contributed by atoms with Gasteiger partial charge >= 0.3 is 12.0 Å². The Balaban J connectivity index is 1.64. The number of aryl methyl sites for hydroxylation is 1. The van der Waals surface area contributed by atoms with E-state index in [0.29, 0.717) is 28.8 Å². The second kappa shape index (κ2) is 10.9. The van der Waals surface area contributed by atoms with Crippen LogP contribution in [0.4, 0.5) is 4.79 Å². The number of urea groups is 1. The molecule has 1 aromatic carbocycles. The molecular formula is C24H31N5O4S. The van der Waals surface area contributed by atoms with Gasteiger partial charge in [-0.2, -0.15) is 0 Å². The van der Waals surface area contributed by atoms with Crippen LogP contribution in [0.2, 0.25) is 0 Å². The molecule has 1 aliphatic carbocycles. The lowest BCUT2D eigenvalue weighted by molar-refractivity contribution is -0.139. The molecule has 9 nitrogen and oxygen atoms in total. The van der Waals surface area contributed by atoms with Crippen LogP contribution in [0.3, 0.4) is 0 Å². The lowest BCUT2D eigenvalue weighted by atomic mass is 9.95. The Bertz CT molecular complexity index is 1060. The first kappa shape index (κ1) is 24.1. The summed E-state index contributed by atoms with van der Waals surface area (Å²) in [4.78, 5) is 25.6. The van der Waals surface area contributed by atoms with E-state index in [9.17, 15) is 9.59 Å². The van der Waals surface area contributed by atoms with E-state index in [1.54, 1.807) is 26.2 Å². The van der Waals surface area contributed by atoms with Crippen molar-refractivity contribution < 1.29 is 19.1 Å². The molecule has 1 aromatic heterocycles. The van der Waals surface area contributed by atoms with Crippen molar-refractivity contribution in [1.29, 1.82) is 0 Å². The highest BCUT2D eigenvalue weighted by atomic mass is 32.2. The zero-order valence-corrected chi connectivity index (χ0v) is 20.6. The number of thioether (sulfide) groups is 1. The minimum atomic E-state index is -0.632. The number of benzene rings is 1. The van der Waals surface area contributed by atoms with Gasteiger partial charge in [0.25, 0.3) is 0 Å². The summed E-state index contributed by atoms with van der Waals surface area (Å²) < 4.78 is 12.8. The molecule has 2 heterocycles. The summed E-state index contributed by atoms with van der Waals surface area (Å²) in [7, 11) is 1.59. The lowest BCUT2D eigenvalue weighted by Crippen LogP contribution is -2.46. The summed E-state index contributed by atoms with van der Waals surface area (Å²) in [5, 5.41) is 15.2. The van der Waals surface area contributed by atoms with Gasteiger partial charge in [0.1, 0.15) is 11.6 Å². The molecule has 1 saturated carbocycles. The summed E-state index contributed by atoms with van der Waals surface area (Å²) in [5.41, 5.74) is 1.67. The standard InChI is InChI=1S/C24H31N5O4S/c1-4-33-22(30)20-19(25-23(31)26-21(20)16-10-12-18(32-3)13-11-16)14-34-24-28-27-15(2)29(24)17-8-6-5-7-9-17/h10-13,17,21H,4-9,14H2,1-3H3,(H2,25,26,31). The predicted molar refractivity (Wildman–Crippen MR) is 129 cm³/mol. The van der Waals surface area contributed by atoms with Crippen LogP contribution in [0, 0.1) is 6.92 Å². The number of aromatic nitrogens is 3. The maximum absolute atomic E-state index is 13.0. The van der Waals surface area contributed by atoms with Gasteiger partial charge in [0, 0.05) is 17.5 Å². The number of nitrogens with one attached hydrogen (secondary N) is 2. The molecule has 0 radical (unpaired) electrons. The monoisotopic (exact) mass is 485 g/mol. The van der Waals surface area contributed by atoms with E-state index >= 15 is 0 Å². The topological polar surface area (TPSA) is 107 Å². The number of ether oxygens (including phenoxy) is 2. The number of hydrogen-bond donors (Lipinski definition) is 2. The number of carbonyl (C=O) groups is 2. The van der Waals surface area contributed by atoms with E-state index in [1.807, 2.05) is 19.1 Å². The molecule has 2 aliphatic rings. The fraction of sp³-hybridized carbons (Fsp3) is 0.500. The van der Waals surface area contributed by atoms with Crippen LogP contribution >= 0.6 is 11.8 Å². The molecule has 1 aliphatic heterocycles. The molecule has 0 saturated heterocycles. The van der Waals surface area contributed by atoms with Crippen LogP contribution in [-0.4, -0.2) is 46.2 Å². The summed E-state index contributed by atoms with van der Waals surface area (Å²) in [6.07, 6.45) is 5.90. The number of carbonyl (C=O) groups excluding carboxylic acids is 2. The van der Waals surface area contributed by atoms with Gasteiger partial charge in [0.2, 0.25) is 0 Å². The van der Waals surface area contributed by atoms with Crippen LogP contribution in [0.5, 0.6) is 5.75 Å². The van der Waals surface area contributed by atoms with E-state index in [2.05, 4.69) is 25.4 Å². The van der Waals surface area contributed by atoms with Gasteiger partial charge in [0.05, 0.1) is 25.3 Å². The van der Waals surface area contributed by atoms with Crippen LogP contribution in [0.1, 0.15) is 62.5 Å². The zero-order valence-electron chi connectivity index (χ0n) is 19.8. The van der Waals surface area contributed by atoms with Gasteiger partial charge in [-0.25, -0.2) is 9.59 Å². The quantitative estimate of drug-likeness (QED) is 0.429. The number of hydrogen-bond acceptors (Lipinski definition) is 7. The van der Waals surface area contributed by atoms with Gasteiger partial charge in [-0.3, -0.25) is 0 Å². The zero-order chi connectivity index (χ0) is 24.1. The number of amides is 2. The number of methoxy groups -OCH3 is 1. The Hall–Kier alpha value is -3.01. The predicted octanol–water partition coefficient (Wildman–Crippen LogP) is 4.06. The number of esters is 1. The molecule has 182 valence electrons. The average molecular weight is 486 g/mol. The Morgan fingerprint density at radius 1 is 1.18 bits per heavy atom. The van der Waals surface area contributed by atoms with Crippen molar-refractivity contribution in [2.24, 2.45) is 0 Å². The fourth-order valence-electron chi connectivity index (χ4n) is 4.57. The second-order valence-electron chi connectivity index (χ2n) is 8.40. The maximum Gasteiger partial charge on any atom is 0.338 e. The number of nitrogens with zero attached hydrogens (tertiary/aromatic N) is 3. The van der Waals surface area contributed by atoms with Crippen LogP contribution in [-0.2, 0) is 9.53 Å². The Morgan fingerprint density at radius 2 is 1.91 bits per heavy atom. The molecule has 2 amide bonds. The minimum absolute atomic E-state index is 0.237. The van der Waals surface area contributed by atoms with Crippen molar-refractivity contribution in [3.05, 3.63) is 46.9 Å². The van der Waals surface area contributed by atoms with Crippen molar-refractivity contribution in [2.45, 2.75) is 63.2 Å². The normalized spacial score (nSPS) is 18.9. The molecule has 0 spiro atoms. The third-order valence-electron chi connectivity index (χ3n) is 6.22. The lowest BCUT2D eigenvalue weighted by Gasteiger charge is -2.29. The first-order chi connectivity index (χ1) is 16.5. The third-order valence-corrected chi connectivity index (χ3v) is 7.19. The largest absolute Gasteiger partial charge is 0.497 e. The van der Waals surface area contributed by atoms with E-state index in [0.717, 1.165) is 29.4 Å². The first-order valence-corrected chi connectivity index (χ1v) is 12.7. The van der Waals surface area contributed by atoms with Crippen LogP contribution in [0.25, 0.3) is 0 Å². The molecule has 1 atom stereocenters. The van der Waals surface area contributed by atoms with Gasteiger partial charge in [-0.05, 0) is 44.4 Å². The molecule has 10 heteroatoms. The van der Waals surface area contributed by atoms with Gasteiger partial charge in [-0.15, -0.1) is 10.2 Å². The first-order valence-electron chi connectivity index (χ1n) is 11.7. The molecule has 2 N–H and O–H groups in total. The van der Waals surface area contributed by atoms with Crippen molar-refractivity contribution in [1.82, 2.24) is 25.4 Å². The third kappa shape index (κ3) is 5.22. The minimum Gasteiger partial charge on any atom is -0.497 e. The van der Waals surface area contributed by atoms with Crippen molar-refractivity contribution in [3.8, 4) is 5.75 Å². The summed E-state index contributed by atoms with van der Waals surface area (Å²) in [5.74, 6) is 1.48. The average Bonchev–Trinajstić information content (AvgIpc) is 3.23. The van der Waals surface area contributed by atoms with Crippen LogP contribution < -0.4 is 15.4 Å². The highest BCUT2D eigenvalue weighted by Crippen LogP contribution is 2.35. The molecule has 0 bridgehead atoms. The van der Waals surface area contributed by atoms with E-state index in [-0.39, 0.29) is 12.6 Å².